The van der Waals surface area contributed by atoms with Gasteiger partial charge in [-0.15, -0.1) is 0 Å². The Hall–Kier alpha value is -0.570. The van der Waals surface area contributed by atoms with E-state index in [0.29, 0.717) is 11.9 Å². The van der Waals surface area contributed by atoms with Crippen molar-refractivity contribution in [3.05, 3.63) is 0 Å². The van der Waals surface area contributed by atoms with Gasteiger partial charge in [-0.3, -0.25) is 4.79 Å². The van der Waals surface area contributed by atoms with E-state index in [2.05, 4.69) is 51.3 Å². The first-order valence-corrected chi connectivity index (χ1v) is 30.0. The molecule has 1 aliphatic heterocycles. The number of amides is 1. The molecule has 0 aromatic heterocycles. The van der Waals surface area contributed by atoms with Crippen LogP contribution in [0.25, 0.3) is 0 Å². The standard InChI is InChI=1S/C60H120N2O/c1-7-13-19-23-25-29-33-39-52-62(60(63)49-53-61-50-40-41-51-61)59(47-37-31-26-24-20-14-8-2)48-38-32-28-27-30-36-46-58(54-56(42-17-11-5)44-34-21-15-9-3)55-57(43-18-12-6)45-35-22-16-10-4/h56-59H,7-55H2,1-6H3. The van der Waals surface area contributed by atoms with E-state index in [4.69, 9.17) is 0 Å². The Bertz CT molecular complexity index is 888. The maximum absolute atomic E-state index is 14.1. The van der Waals surface area contributed by atoms with Gasteiger partial charge in [-0.25, -0.2) is 0 Å². The summed E-state index contributed by atoms with van der Waals surface area (Å²) in [7, 11) is 0. The van der Waals surface area contributed by atoms with Crippen LogP contribution in [0.5, 0.6) is 0 Å². The van der Waals surface area contributed by atoms with E-state index in [0.717, 1.165) is 37.3 Å². The predicted molar refractivity (Wildman–Crippen MR) is 284 cm³/mol. The normalized spacial score (nSPS) is 15.3. The molecule has 0 radical (unpaired) electrons. The molecule has 0 aromatic carbocycles. The molecule has 1 saturated heterocycles. The highest BCUT2D eigenvalue weighted by molar-refractivity contribution is 5.76. The zero-order chi connectivity index (χ0) is 45.7. The number of carbonyl (C=O) groups is 1. The van der Waals surface area contributed by atoms with E-state index < -0.39 is 0 Å². The third-order valence-electron chi connectivity index (χ3n) is 15.6. The third-order valence-corrected chi connectivity index (χ3v) is 15.6. The van der Waals surface area contributed by atoms with Crippen molar-refractivity contribution in [2.24, 2.45) is 17.8 Å². The lowest BCUT2D eigenvalue weighted by Gasteiger charge is -2.33. The van der Waals surface area contributed by atoms with Crippen LogP contribution in [0.2, 0.25) is 0 Å². The Morgan fingerprint density at radius 2 is 0.698 bits per heavy atom. The van der Waals surface area contributed by atoms with Crippen molar-refractivity contribution in [3.8, 4) is 0 Å². The molecule has 0 N–H and O–H groups in total. The molecule has 0 saturated carbocycles. The van der Waals surface area contributed by atoms with Crippen LogP contribution < -0.4 is 0 Å². The first-order chi connectivity index (χ1) is 31.0. The van der Waals surface area contributed by atoms with Crippen LogP contribution in [0.1, 0.15) is 330 Å². The fourth-order valence-electron chi connectivity index (χ4n) is 11.4. The van der Waals surface area contributed by atoms with Gasteiger partial charge in [0.25, 0.3) is 0 Å². The Morgan fingerprint density at radius 1 is 0.381 bits per heavy atom. The first kappa shape index (κ1) is 60.4. The molecule has 3 heteroatoms. The fraction of sp³-hybridized carbons (Fsp3) is 0.983. The minimum absolute atomic E-state index is 0.460. The molecule has 63 heavy (non-hydrogen) atoms. The number of unbranched alkanes of at least 4 members (excludes halogenated alkanes) is 26. The largest absolute Gasteiger partial charge is 0.340 e. The summed E-state index contributed by atoms with van der Waals surface area (Å²) in [6.07, 6.45) is 62.0. The number of likely N-dealkylation sites (tertiary alicyclic amines) is 1. The summed E-state index contributed by atoms with van der Waals surface area (Å²) < 4.78 is 0. The summed E-state index contributed by atoms with van der Waals surface area (Å²) in [5.74, 6) is 3.36. The van der Waals surface area contributed by atoms with Gasteiger partial charge in [0.1, 0.15) is 0 Å². The molecule has 1 fully saturated rings. The van der Waals surface area contributed by atoms with Gasteiger partial charge in [-0.05, 0) is 75.8 Å². The van der Waals surface area contributed by atoms with Gasteiger partial charge in [-0.1, -0.05) is 279 Å². The van der Waals surface area contributed by atoms with Gasteiger partial charge in [0.05, 0.1) is 0 Å². The number of hydrogen-bond donors (Lipinski definition) is 0. The van der Waals surface area contributed by atoms with Crippen molar-refractivity contribution in [1.82, 2.24) is 9.80 Å². The quantitative estimate of drug-likeness (QED) is 0.0568. The van der Waals surface area contributed by atoms with Gasteiger partial charge >= 0.3 is 0 Å². The number of rotatable bonds is 50. The van der Waals surface area contributed by atoms with Crippen LogP contribution in [0.3, 0.4) is 0 Å². The SMILES string of the molecule is CCCCCCCCCCN(C(=O)CCN1CCCC1)C(CCCCCCCCC)CCCCCCCCC(CC(CCCC)CCCCCC)CC(CCCC)CCCCCC. The summed E-state index contributed by atoms with van der Waals surface area (Å²) in [5.41, 5.74) is 0. The monoisotopic (exact) mass is 885 g/mol. The van der Waals surface area contributed by atoms with Crippen LogP contribution in [-0.2, 0) is 4.79 Å². The molecule has 1 heterocycles. The van der Waals surface area contributed by atoms with Crippen molar-refractivity contribution in [2.45, 2.75) is 337 Å². The number of carbonyl (C=O) groups excluding carboxylic acids is 1. The Kier molecular flexibility index (Phi) is 44.6. The Labute approximate surface area is 399 Å². The van der Waals surface area contributed by atoms with Gasteiger partial charge in [-0.2, -0.15) is 0 Å². The highest BCUT2D eigenvalue weighted by Crippen LogP contribution is 2.34. The van der Waals surface area contributed by atoms with E-state index in [1.54, 1.807) is 0 Å². The van der Waals surface area contributed by atoms with E-state index in [-0.39, 0.29) is 0 Å². The summed E-state index contributed by atoms with van der Waals surface area (Å²) >= 11 is 0. The molecule has 1 amide bonds. The van der Waals surface area contributed by atoms with E-state index >= 15 is 0 Å². The maximum Gasteiger partial charge on any atom is 0.224 e. The minimum atomic E-state index is 0.460. The Morgan fingerprint density at radius 3 is 1.11 bits per heavy atom. The fourth-order valence-corrected chi connectivity index (χ4v) is 11.4. The minimum Gasteiger partial charge on any atom is -0.340 e. The van der Waals surface area contributed by atoms with Gasteiger partial charge in [0.2, 0.25) is 5.91 Å². The molecule has 0 spiro atoms. The molecular weight excluding hydrogens is 765 g/mol. The first-order valence-electron chi connectivity index (χ1n) is 30.0. The van der Waals surface area contributed by atoms with Gasteiger partial charge < -0.3 is 9.80 Å². The number of nitrogens with zero attached hydrogens (tertiary/aromatic N) is 2. The topological polar surface area (TPSA) is 23.6 Å². The molecular formula is C60H120N2O. The lowest BCUT2D eigenvalue weighted by molar-refractivity contribution is -0.134. The van der Waals surface area contributed by atoms with Crippen LogP contribution in [0.4, 0.5) is 0 Å². The Balaban J connectivity index is 2.86. The van der Waals surface area contributed by atoms with Crippen molar-refractivity contribution < 1.29 is 4.79 Å². The maximum atomic E-state index is 14.1. The van der Waals surface area contributed by atoms with Crippen LogP contribution in [0.15, 0.2) is 0 Å². The van der Waals surface area contributed by atoms with E-state index in [1.165, 1.54) is 296 Å². The summed E-state index contributed by atoms with van der Waals surface area (Å²) in [5, 5.41) is 0. The molecule has 376 valence electrons. The zero-order valence-corrected chi connectivity index (χ0v) is 44.8. The second kappa shape index (κ2) is 46.5. The molecule has 0 aromatic rings. The number of hydrogen-bond acceptors (Lipinski definition) is 2. The van der Waals surface area contributed by atoms with Gasteiger partial charge in [0.15, 0.2) is 0 Å². The molecule has 0 aliphatic carbocycles. The van der Waals surface area contributed by atoms with Crippen molar-refractivity contribution in [2.75, 3.05) is 26.2 Å². The average Bonchev–Trinajstić information content (AvgIpc) is 3.82. The highest BCUT2D eigenvalue weighted by Gasteiger charge is 2.25. The molecule has 1 aliphatic rings. The molecule has 3 nitrogen and oxygen atoms in total. The van der Waals surface area contributed by atoms with Gasteiger partial charge in [0, 0.05) is 25.6 Å². The second-order valence-corrected chi connectivity index (χ2v) is 21.7. The van der Waals surface area contributed by atoms with Crippen LogP contribution in [0, 0.1) is 17.8 Å². The van der Waals surface area contributed by atoms with E-state index in [9.17, 15) is 4.79 Å². The average molecular weight is 886 g/mol. The van der Waals surface area contributed by atoms with Crippen LogP contribution >= 0.6 is 0 Å². The highest BCUT2D eigenvalue weighted by atomic mass is 16.2. The lowest BCUT2D eigenvalue weighted by Crippen LogP contribution is -2.42. The summed E-state index contributed by atoms with van der Waals surface area (Å²) in [6.45, 7) is 18.6. The summed E-state index contributed by atoms with van der Waals surface area (Å²) in [4.78, 5) is 19.2. The summed E-state index contributed by atoms with van der Waals surface area (Å²) in [6, 6.07) is 0.460. The van der Waals surface area contributed by atoms with E-state index in [1.807, 2.05) is 0 Å². The van der Waals surface area contributed by atoms with Crippen molar-refractivity contribution >= 4 is 5.91 Å². The van der Waals surface area contributed by atoms with Crippen molar-refractivity contribution in [3.63, 3.8) is 0 Å². The molecule has 0 bridgehead atoms. The molecule has 3 unspecified atom stereocenters. The molecule has 3 atom stereocenters. The predicted octanol–water partition coefficient (Wildman–Crippen LogP) is 20.0. The lowest BCUT2D eigenvalue weighted by atomic mass is 9.78. The second-order valence-electron chi connectivity index (χ2n) is 21.7. The van der Waals surface area contributed by atoms with Crippen molar-refractivity contribution in [1.29, 1.82) is 0 Å². The zero-order valence-electron chi connectivity index (χ0n) is 44.8. The third kappa shape index (κ3) is 36.2. The smallest absolute Gasteiger partial charge is 0.224 e. The molecule has 1 rings (SSSR count). The van der Waals surface area contributed by atoms with Crippen LogP contribution in [-0.4, -0.2) is 47.9 Å².